The van der Waals surface area contributed by atoms with E-state index in [0.717, 1.165) is 18.0 Å². The van der Waals surface area contributed by atoms with Crippen LogP contribution in [0, 0.1) is 0 Å². The summed E-state index contributed by atoms with van der Waals surface area (Å²) in [4.78, 5) is 15.7. The lowest BCUT2D eigenvalue weighted by Crippen LogP contribution is -2.24. The second-order valence-corrected chi connectivity index (χ2v) is 4.70. The topological polar surface area (TPSA) is 60.5 Å². The number of ether oxygens (including phenoxy) is 2. The lowest BCUT2D eigenvalue weighted by molar-refractivity contribution is 0.0520. The van der Waals surface area contributed by atoms with Crippen LogP contribution in [0.5, 0.6) is 0 Å². The third-order valence-corrected chi connectivity index (χ3v) is 3.09. The average Bonchev–Trinajstić information content (AvgIpc) is 2.78. The number of esters is 1. The first-order valence-electron chi connectivity index (χ1n) is 6.09. The van der Waals surface area contributed by atoms with E-state index in [4.69, 9.17) is 9.47 Å². The number of methoxy groups -OCH3 is 1. The number of thiazole rings is 1. The van der Waals surface area contributed by atoms with Gasteiger partial charge in [0.25, 0.3) is 0 Å². The standard InChI is InChI=1S/C12H20N2O3S/c1-4-6-9(7-16-3)13-12-14-10(8-18-12)11(15)17-5-2/h8-9H,4-7H2,1-3H3,(H,13,14). The predicted octanol–water partition coefficient (Wildman–Crippen LogP) is 2.55. The highest BCUT2D eigenvalue weighted by atomic mass is 32.1. The summed E-state index contributed by atoms with van der Waals surface area (Å²) in [7, 11) is 1.68. The monoisotopic (exact) mass is 272 g/mol. The molecule has 6 heteroatoms. The molecule has 1 atom stereocenters. The van der Waals surface area contributed by atoms with Gasteiger partial charge in [-0.1, -0.05) is 13.3 Å². The molecule has 1 aromatic heterocycles. The molecule has 0 saturated heterocycles. The summed E-state index contributed by atoms with van der Waals surface area (Å²) in [5.41, 5.74) is 0.358. The Hall–Kier alpha value is -1.14. The van der Waals surface area contributed by atoms with Gasteiger partial charge in [-0.05, 0) is 13.3 Å². The van der Waals surface area contributed by atoms with Gasteiger partial charge in [-0.25, -0.2) is 9.78 Å². The summed E-state index contributed by atoms with van der Waals surface area (Å²) in [6.45, 7) is 4.89. The summed E-state index contributed by atoms with van der Waals surface area (Å²) >= 11 is 1.41. The van der Waals surface area contributed by atoms with Gasteiger partial charge in [-0.15, -0.1) is 11.3 Å². The quantitative estimate of drug-likeness (QED) is 0.737. The van der Waals surface area contributed by atoms with E-state index in [2.05, 4.69) is 17.2 Å². The van der Waals surface area contributed by atoms with Gasteiger partial charge >= 0.3 is 5.97 Å². The van der Waals surface area contributed by atoms with Gasteiger partial charge in [0.05, 0.1) is 19.3 Å². The molecule has 5 nitrogen and oxygen atoms in total. The largest absolute Gasteiger partial charge is 0.461 e. The van der Waals surface area contributed by atoms with E-state index in [1.807, 2.05) is 0 Å². The third-order valence-electron chi connectivity index (χ3n) is 2.32. The lowest BCUT2D eigenvalue weighted by atomic mass is 10.2. The normalized spacial score (nSPS) is 12.2. The van der Waals surface area contributed by atoms with Crippen LogP contribution in [-0.2, 0) is 9.47 Å². The highest BCUT2D eigenvalue weighted by molar-refractivity contribution is 7.13. The van der Waals surface area contributed by atoms with Crippen molar-refractivity contribution in [3.05, 3.63) is 11.1 Å². The van der Waals surface area contributed by atoms with Crippen LogP contribution < -0.4 is 5.32 Å². The second-order valence-electron chi connectivity index (χ2n) is 3.84. The Bertz CT molecular complexity index is 362. The van der Waals surface area contributed by atoms with Gasteiger partial charge in [-0.2, -0.15) is 0 Å². The molecule has 102 valence electrons. The van der Waals surface area contributed by atoms with E-state index in [-0.39, 0.29) is 12.0 Å². The van der Waals surface area contributed by atoms with Gasteiger partial charge in [-0.3, -0.25) is 0 Å². The van der Waals surface area contributed by atoms with E-state index in [1.54, 1.807) is 19.4 Å². The molecule has 1 rings (SSSR count). The van der Waals surface area contributed by atoms with E-state index < -0.39 is 0 Å². The van der Waals surface area contributed by atoms with Crippen molar-refractivity contribution in [3.63, 3.8) is 0 Å². The summed E-state index contributed by atoms with van der Waals surface area (Å²) in [6, 6.07) is 0.223. The number of anilines is 1. The number of aromatic nitrogens is 1. The molecule has 0 aliphatic rings. The van der Waals surface area contributed by atoms with Crippen LogP contribution in [0.4, 0.5) is 5.13 Å². The van der Waals surface area contributed by atoms with Crippen LogP contribution in [-0.4, -0.2) is 37.3 Å². The molecule has 0 aliphatic heterocycles. The van der Waals surface area contributed by atoms with Crippen molar-refractivity contribution in [2.45, 2.75) is 32.7 Å². The Morgan fingerprint density at radius 1 is 1.56 bits per heavy atom. The zero-order valence-electron chi connectivity index (χ0n) is 11.1. The molecule has 0 saturated carbocycles. The molecule has 1 heterocycles. The maximum absolute atomic E-state index is 11.5. The first-order valence-corrected chi connectivity index (χ1v) is 6.97. The van der Waals surface area contributed by atoms with E-state index in [1.165, 1.54) is 11.3 Å². The molecule has 0 aromatic carbocycles. The minimum atomic E-state index is -0.374. The molecular weight excluding hydrogens is 252 g/mol. The smallest absolute Gasteiger partial charge is 0.357 e. The molecular formula is C12H20N2O3S. The fraction of sp³-hybridized carbons (Fsp3) is 0.667. The Balaban J connectivity index is 2.58. The molecule has 0 radical (unpaired) electrons. The third kappa shape index (κ3) is 4.62. The molecule has 1 aromatic rings. The number of hydrogen-bond acceptors (Lipinski definition) is 6. The number of carbonyl (C=O) groups is 1. The van der Waals surface area contributed by atoms with Crippen molar-refractivity contribution in [2.24, 2.45) is 0 Å². The summed E-state index contributed by atoms with van der Waals surface area (Å²) in [5.74, 6) is -0.374. The molecule has 0 spiro atoms. The van der Waals surface area contributed by atoms with Crippen LogP contribution in [0.15, 0.2) is 5.38 Å². The van der Waals surface area contributed by atoms with E-state index in [0.29, 0.717) is 18.9 Å². The Kier molecular flexibility index (Phi) is 6.67. The van der Waals surface area contributed by atoms with Crippen molar-refractivity contribution in [1.82, 2.24) is 4.98 Å². The Labute approximate surface area is 112 Å². The molecule has 0 amide bonds. The van der Waals surface area contributed by atoms with Crippen LogP contribution in [0.25, 0.3) is 0 Å². The number of hydrogen-bond donors (Lipinski definition) is 1. The van der Waals surface area contributed by atoms with Crippen LogP contribution in [0.1, 0.15) is 37.2 Å². The number of carbonyl (C=O) groups excluding carboxylic acids is 1. The highest BCUT2D eigenvalue weighted by Crippen LogP contribution is 2.18. The van der Waals surface area contributed by atoms with Crippen molar-refractivity contribution in [3.8, 4) is 0 Å². The number of nitrogens with one attached hydrogen (secondary N) is 1. The molecule has 1 unspecified atom stereocenters. The predicted molar refractivity (Wildman–Crippen MR) is 72.3 cm³/mol. The molecule has 0 fully saturated rings. The fourth-order valence-electron chi connectivity index (χ4n) is 1.56. The zero-order valence-corrected chi connectivity index (χ0v) is 11.9. The maximum atomic E-state index is 11.5. The zero-order chi connectivity index (χ0) is 13.4. The first-order chi connectivity index (χ1) is 8.71. The Morgan fingerprint density at radius 2 is 2.33 bits per heavy atom. The first kappa shape index (κ1) is 14.9. The van der Waals surface area contributed by atoms with Gasteiger partial charge < -0.3 is 14.8 Å². The van der Waals surface area contributed by atoms with Crippen LogP contribution in [0.2, 0.25) is 0 Å². The van der Waals surface area contributed by atoms with Crippen molar-refractivity contribution < 1.29 is 14.3 Å². The summed E-state index contributed by atoms with van der Waals surface area (Å²) in [6.07, 6.45) is 2.07. The average molecular weight is 272 g/mol. The maximum Gasteiger partial charge on any atom is 0.357 e. The minimum absolute atomic E-state index is 0.223. The fourth-order valence-corrected chi connectivity index (χ4v) is 2.32. The van der Waals surface area contributed by atoms with Crippen molar-refractivity contribution in [1.29, 1.82) is 0 Å². The summed E-state index contributed by atoms with van der Waals surface area (Å²) in [5, 5.41) is 5.71. The van der Waals surface area contributed by atoms with Crippen molar-refractivity contribution in [2.75, 3.05) is 25.6 Å². The van der Waals surface area contributed by atoms with Gasteiger partial charge in [0.2, 0.25) is 0 Å². The highest BCUT2D eigenvalue weighted by Gasteiger charge is 2.14. The molecule has 1 N–H and O–H groups in total. The van der Waals surface area contributed by atoms with Gasteiger partial charge in [0.15, 0.2) is 10.8 Å². The number of rotatable bonds is 8. The lowest BCUT2D eigenvalue weighted by Gasteiger charge is -2.15. The summed E-state index contributed by atoms with van der Waals surface area (Å²) < 4.78 is 10.0. The van der Waals surface area contributed by atoms with Crippen LogP contribution >= 0.6 is 11.3 Å². The molecule has 0 aliphatic carbocycles. The van der Waals surface area contributed by atoms with Crippen LogP contribution in [0.3, 0.4) is 0 Å². The van der Waals surface area contributed by atoms with Gasteiger partial charge in [0.1, 0.15) is 0 Å². The van der Waals surface area contributed by atoms with E-state index >= 15 is 0 Å². The Morgan fingerprint density at radius 3 is 2.94 bits per heavy atom. The van der Waals surface area contributed by atoms with Gasteiger partial charge in [0, 0.05) is 12.5 Å². The number of nitrogens with zero attached hydrogens (tertiary/aromatic N) is 1. The second kappa shape index (κ2) is 8.05. The minimum Gasteiger partial charge on any atom is -0.461 e. The SMILES string of the molecule is CCCC(COC)Nc1nc(C(=O)OCC)cs1. The van der Waals surface area contributed by atoms with E-state index in [9.17, 15) is 4.79 Å². The van der Waals surface area contributed by atoms with Crippen molar-refractivity contribution >= 4 is 22.4 Å². The molecule has 0 bridgehead atoms. The molecule has 18 heavy (non-hydrogen) atoms.